The van der Waals surface area contributed by atoms with E-state index >= 15 is 0 Å². The van der Waals surface area contributed by atoms with Gasteiger partial charge in [0.05, 0.1) is 0 Å². The van der Waals surface area contributed by atoms with Gasteiger partial charge in [0.2, 0.25) is 0 Å². The van der Waals surface area contributed by atoms with Gasteiger partial charge in [-0.15, -0.1) is 11.3 Å². The van der Waals surface area contributed by atoms with E-state index in [0.29, 0.717) is 4.88 Å². The van der Waals surface area contributed by atoms with E-state index in [1.807, 2.05) is 6.92 Å². The minimum absolute atomic E-state index is 0.436. The Bertz CT molecular complexity index is 425. The van der Waals surface area contributed by atoms with Crippen LogP contribution in [0.15, 0.2) is 6.07 Å². The van der Waals surface area contributed by atoms with Crippen molar-refractivity contribution in [3.05, 3.63) is 21.4 Å². The topological polar surface area (TPSA) is 52.6 Å². The second-order valence-corrected chi connectivity index (χ2v) is 6.33. The largest absolute Gasteiger partial charge is 0.477 e. The van der Waals surface area contributed by atoms with E-state index < -0.39 is 5.97 Å². The van der Waals surface area contributed by atoms with Gasteiger partial charge in [0, 0.05) is 11.4 Å². The highest BCUT2D eigenvalue weighted by molar-refractivity contribution is 7.14. The lowest BCUT2D eigenvalue weighted by atomic mass is 10.2. The van der Waals surface area contributed by atoms with Gasteiger partial charge in [0.15, 0.2) is 0 Å². The van der Waals surface area contributed by atoms with Crippen LogP contribution in [0, 0.1) is 6.92 Å². The van der Waals surface area contributed by atoms with Crippen LogP contribution >= 0.6 is 11.3 Å². The number of rotatable bonds is 7. The minimum atomic E-state index is -0.826. The molecule has 2 heterocycles. The number of nitrogens with one attached hydrogen (secondary N) is 1. The molecule has 1 aliphatic rings. The number of nitrogens with zero attached hydrogens (tertiary/aromatic N) is 1. The zero-order chi connectivity index (χ0) is 13.7. The Morgan fingerprint density at radius 2 is 2.21 bits per heavy atom. The van der Waals surface area contributed by atoms with Crippen molar-refractivity contribution in [2.24, 2.45) is 0 Å². The summed E-state index contributed by atoms with van der Waals surface area (Å²) in [4.78, 5) is 14.9. The van der Waals surface area contributed by atoms with Crippen molar-refractivity contribution in [3.8, 4) is 0 Å². The number of likely N-dealkylation sites (tertiary alicyclic amines) is 1. The van der Waals surface area contributed by atoms with Gasteiger partial charge in [-0.2, -0.15) is 0 Å². The summed E-state index contributed by atoms with van der Waals surface area (Å²) in [5.41, 5.74) is 1.11. The molecule has 1 aromatic rings. The number of carboxylic acids is 1. The first-order valence-corrected chi connectivity index (χ1v) is 7.74. The van der Waals surface area contributed by atoms with E-state index in [-0.39, 0.29) is 0 Å². The Morgan fingerprint density at radius 3 is 2.84 bits per heavy atom. The first-order valence-electron chi connectivity index (χ1n) is 6.92. The zero-order valence-corrected chi connectivity index (χ0v) is 12.3. The van der Waals surface area contributed by atoms with Crippen LogP contribution < -0.4 is 5.32 Å². The summed E-state index contributed by atoms with van der Waals surface area (Å²) in [6.45, 7) is 7.44. The highest BCUT2D eigenvalue weighted by Gasteiger charge is 2.11. The molecule has 1 fully saturated rings. The molecule has 19 heavy (non-hydrogen) atoms. The number of carbonyl (C=O) groups is 1. The third-order valence-electron chi connectivity index (χ3n) is 3.57. The van der Waals surface area contributed by atoms with Gasteiger partial charge in [-0.3, -0.25) is 0 Å². The average molecular weight is 282 g/mol. The summed E-state index contributed by atoms with van der Waals surface area (Å²) in [6.07, 6.45) is 3.86. The fourth-order valence-electron chi connectivity index (χ4n) is 2.46. The SMILES string of the molecule is Cc1sc(C(=O)O)cc1CNCCCN1CCCC1. The fraction of sp³-hybridized carbons (Fsp3) is 0.643. The molecule has 0 bridgehead atoms. The summed E-state index contributed by atoms with van der Waals surface area (Å²) >= 11 is 1.36. The molecular weight excluding hydrogens is 260 g/mol. The van der Waals surface area contributed by atoms with Crippen molar-refractivity contribution < 1.29 is 9.90 Å². The number of thiophene rings is 1. The van der Waals surface area contributed by atoms with Crippen molar-refractivity contribution >= 4 is 17.3 Å². The molecule has 0 saturated carbocycles. The van der Waals surface area contributed by atoms with E-state index in [0.717, 1.165) is 30.0 Å². The highest BCUT2D eigenvalue weighted by atomic mass is 32.1. The standard InChI is InChI=1S/C14H22N2O2S/c1-11-12(9-13(19-11)14(17)18)10-15-5-4-8-16-6-2-3-7-16/h9,15H,2-8,10H2,1H3,(H,17,18). The predicted molar refractivity (Wildman–Crippen MR) is 78.0 cm³/mol. The van der Waals surface area contributed by atoms with Crippen LogP contribution in [-0.2, 0) is 6.54 Å². The van der Waals surface area contributed by atoms with Gasteiger partial charge in [-0.05, 0) is 64.0 Å². The number of aromatic carboxylic acids is 1. The zero-order valence-electron chi connectivity index (χ0n) is 11.4. The van der Waals surface area contributed by atoms with E-state index in [2.05, 4.69) is 10.2 Å². The van der Waals surface area contributed by atoms with Crippen molar-refractivity contribution in [1.29, 1.82) is 0 Å². The van der Waals surface area contributed by atoms with E-state index in [1.165, 1.54) is 43.8 Å². The normalized spacial score (nSPS) is 16.1. The predicted octanol–water partition coefficient (Wildman–Crippen LogP) is 2.33. The summed E-state index contributed by atoms with van der Waals surface area (Å²) < 4.78 is 0. The maximum Gasteiger partial charge on any atom is 0.345 e. The fourth-order valence-corrected chi connectivity index (χ4v) is 3.34. The minimum Gasteiger partial charge on any atom is -0.477 e. The molecule has 2 rings (SSSR count). The monoisotopic (exact) mass is 282 g/mol. The van der Waals surface area contributed by atoms with Crippen LogP contribution in [0.1, 0.15) is 39.4 Å². The second-order valence-electron chi connectivity index (χ2n) is 5.08. The molecule has 0 atom stereocenters. The van der Waals surface area contributed by atoms with E-state index in [9.17, 15) is 4.79 Å². The highest BCUT2D eigenvalue weighted by Crippen LogP contribution is 2.21. The molecular formula is C14H22N2O2S. The molecule has 1 aliphatic heterocycles. The van der Waals surface area contributed by atoms with Crippen LogP contribution in [0.3, 0.4) is 0 Å². The molecule has 0 aliphatic carbocycles. The summed E-state index contributed by atoms with van der Waals surface area (Å²) in [6, 6.07) is 1.79. The Kier molecular flexibility index (Phi) is 5.36. The molecule has 0 spiro atoms. The van der Waals surface area contributed by atoms with Gasteiger partial charge in [0.25, 0.3) is 0 Å². The van der Waals surface area contributed by atoms with Crippen LogP contribution in [-0.4, -0.2) is 42.2 Å². The lowest BCUT2D eigenvalue weighted by Gasteiger charge is -2.14. The molecule has 0 amide bonds. The number of carboxylic acid groups (broad SMARTS) is 1. The van der Waals surface area contributed by atoms with Crippen LogP contribution in [0.5, 0.6) is 0 Å². The second kappa shape index (κ2) is 7.03. The molecule has 0 radical (unpaired) electrons. The van der Waals surface area contributed by atoms with Crippen molar-refractivity contribution in [1.82, 2.24) is 10.2 Å². The lowest BCUT2D eigenvalue weighted by Crippen LogP contribution is -2.24. The number of hydrogen-bond donors (Lipinski definition) is 2. The molecule has 0 unspecified atom stereocenters. The first-order chi connectivity index (χ1) is 9.16. The van der Waals surface area contributed by atoms with Crippen LogP contribution in [0.4, 0.5) is 0 Å². The van der Waals surface area contributed by atoms with Gasteiger partial charge >= 0.3 is 5.97 Å². The first kappa shape index (κ1) is 14.5. The van der Waals surface area contributed by atoms with Gasteiger partial charge in [-0.25, -0.2) is 4.79 Å². The molecule has 5 heteroatoms. The average Bonchev–Trinajstić information content (AvgIpc) is 2.99. The molecule has 2 N–H and O–H groups in total. The lowest BCUT2D eigenvalue weighted by molar-refractivity contribution is 0.0702. The van der Waals surface area contributed by atoms with Gasteiger partial charge in [-0.1, -0.05) is 0 Å². The molecule has 106 valence electrons. The van der Waals surface area contributed by atoms with Crippen molar-refractivity contribution in [3.63, 3.8) is 0 Å². The molecule has 4 nitrogen and oxygen atoms in total. The maximum absolute atomic E-state index is 10.9. The van der Waals surface area contributed by atoms with Gasteiger partial charge in [0.1, 0.15) is 4.88 Å². The third kappa shape index (κ3) is 4.30. The molecule has 1 saturated heterocycles. The quantitative estimate of drug-likeness (QED) is 0.754. The Morgan fingerprint density at radius 1 is 1.47 bits per heavy atom. The van der Waals surface area contributed by atoms with E-state index in [4.69, 9.17) is 5.11 Å². The maximum atomic E-state index is 10.9. The molecule has 1 aromatic heterocycles. The smallest absolute Gasteiger partial charge is 0.345 e. The van der Waals surface area contributed by atoms with Crippen LogP contribution in [0.2, 0.25) is 0 Å². The summed E-state index contributed by atoms with van der Waals surface area (Å²) in [7, 11) is 0. The molecule has 0 aromatic carbocycles. The summed E-state index contributed by atoms with van der Waals surface area (Å²) in [5, 5.41) is 12.3. The Labute approximate surface area is 118 Å². The van der Waals surface area contributed by atoms with Gasteiger partial charge < -0.3 is 15.3 Å². The van der Waals surface area contributed by atoms with Crippen molar-refractivity contribution in [2.75, 3.05) is 26.2 Å². The van der Waals surface area contributed by atoms with E-state index in [1.54, 1.807) is 6.07 Å². The third-order valence-corrected chi connectivity index (χ3v) is 4.65. The Hall–Kier alpha value is -0.910. The van der Waals surface area contributed by atoms with Crippen LogP contribution in [0.25, 0.3) is 0 Å². The Balaban J connectivity index is 1.66. The van der Waals surface area contributed by atoms with Crippen molar-refractivity contribution in [2.45, 2.75) is 32.7 Å². The number of aryl methyl sites for hydroxylation is 1. The number of hydrogen-bond acceptors (Lipinski definition) is 4. The summed E-state index contributed by atoms with van der Waals surface area (Å²) in [5.74, 6) is -0.826.